The van der Waals surface area contributed by atoms with Gasteiger partial charge in [0.15, 0.2) is 0 Å². The summed E-state index contributed by atoms with van der Waals surface area (Å²) in [4.78, 5) is 1.15. The standard InChI is InChI=1S/C10H12BrN3S/c1-3-6-8(13-14(2)10(6)12)9-7(11)4-5-15-9/h4-5H,3,12H2,1-2H3. The Balaban J connectivity index is 2.63. The Hall–Kier alpha value is -0.810. The summed E-state index contributed by atoms with van der Waals surface area (Å²) in [5.41, 5.74) is 8.08. The quantitative estimate of drug-likeness (QED) is 0.922. The molecule has 2 aromatic rings. The Morgan fingerprint density at radius 2 is 2.33 bits per heavy atom. The summed E-state index contributed by atoms with van der Waals surface area (Å²) in [6.07, 6.45) is 0.902. The average Bonchev–Trinajstić information content (AvgIpc) is 2.73. The van der Waals surface area contributed by atoms with E-state index >= 15 is 0 Å². The van der Waals surface area contributed by atoms with E-state index in [2.05, 4.69) is 28.0 Å². The molecule has 0 aliphatic rings. The van der Waals surface area contributed by atoms with E-state index in [1.54, 1.807) is 16.0 Å². The summed E-state index contributed by atoms with van der Waals surface area (Å²) in [6.45, 7) is 2.10. The van der Waals surface area contributed by atoms with Gasteiger partial charge in [-0.15, -0.1) is 11.3 Å². The predicted octanol–water partition coefficient (Wildman–Crippen LogP) is 3.06. The average molecular weight is 286 g/mol. The number of aryl methyl sites for hydroxylation is 1. The Labute approximate surface area is 101 Å². The van der Waals surface area contributed by atoms with Crippen molar-refractivity contribution in [3.05, 3.63) is 21.5 Å². The van der Waals surface area contributed by atoms with E-state index in [9.17, 15) is 0 Å². The first-order valence-electron chi connectivity index (χ1n) is 4.69. The van der Waals surface area contributed by atoms with Gasteiger partial charge in [-0.1, -0.05) is 6.92 Å². The molecule has 0 saturated heterocycles. The number of thiophene rings is 1. The molecule has 0 amide bonds. The van der Waals surface area contributed by atoms with E-state index in [4.69, 9.17) is 5.73 Å². The number of halogens is 1. The van der Waals surface area contributed by atoms with Crippen LogP contribution in [0.15, 0.2) is 15.9 Å². The van der Waals surface area contributed by atoms with Gasteiger partial charge >= 0.3 is 0 Å². The van der Waals surface area contributed by atoms with Crippen molar-refractivity contribution < 1.29 is 0 Å². The lowest BCUT2D eigenvalue weighted by Gasteiger charge is -1.98. The van der Waals surface area contributed by atoms with Gasteiger partial charge < -0.3 is 5.73 Å². The molecule has 15 heavy (non-hydrogen) atoms. The molecule has 0 aliphatic heterocycles. The van der Waals surface area contributed by atoms with Crippen LogP contribution in [0.4, 0.5) is 5.82 Å². The largest absolute Gasteiger partial charge is 0.384 e. The Kier molecular flexibility index (Phi) is 2.84. The van der Waals surface area contributed by atoms with Crippen LogP contribution in [0.5, 0.6) is 0 Å². The molecule has 2 heterocycles. The van der Waals surface area contributed by atoms with Crippen LogP contribution in [-0.2, 0) is 13.5 Å². The van der Waals surface area contributed by atoms with Crippen LogP contribution >= 0.6 is 27.3 Å². The van der Waals surface area contributed by atoms with Crippen LogP contribution in [0.25, 0.3) is 10.6 Å². The lowest BCUT2D eigenvalue weighted by atomic mass is 10.1. The smallest absolute Gasteiger partial charge is 0.125 e. The monoisotopic (exact) mass is 285 g/mol. The molecule has 2 N–H and O–H groups in total. The lowest BCUT2D eigenvalue weighted by Crippen LogP contribution is -1.98. The molecular weight excluding hydrogens is 274 g/mol. The van der Waals surface area contributed by atoms with Crippen molar-refractivity contribution in [3.8, 4) is 10.6 Å². The van der Waals surface area contributed by atoms with Crippen LogP contribution in [0, 0.1) is 0 Å². The highest BCUT2D eigenvalue weighted by molar-refractivity contribution is 9.10. The summed E-state index contributed by atoms with van der Waals surface area (Å²) in [6, 6.07) is 2.03. The highest BCUT2D eigenvalue weighted by Gasteiger charge is 2.16. The molecular formula is C10H12BrN3S. The highest BCUT2D eigenvalue weighted by Crippen LogP contribution is 2.36. The second kappa shape index (κ2) is 3.98. The zero-order chi connectivity index (χ0) is 11.0. The van der Waals surface area contributed by atoms with E-state index in [-0.39, 0.29) is 0 Å². The van der Waals surface area contributed by atoms with Crippen molar-refractivity contribution in [2.75, 3.05) is 5.73 Å². The van der Waals surface area contributed by atoms with Crippen molar-refractivity contribution >= 4 is 33.1 Å². The minimum atomic E-state index is 0.757. The van der Waals surface area contributed by atoms with Gasteiger partial charge in [-0.05, 0) is 33.8 Å². The second-order valence-electron chi connectivity index (χ2n) is 3.29. The van der Waals surface area contributed by atoms with Crippen molar-refractivity contribution in [1.29, 1.82) is 0 Å². The number of rotatable bonds is 2. The van der Waals surface area contributed by atoms with Crippen LogP contribution < -0.4 is 5.73 Å². The predicted molar refractivity (Wildman–Crippen MR) is 68.0 cm³/mol. The minimum absolute atomic E-state index is 0.757. The number of aromatic nitrogens is 2. The first-order valence-corrected chi connectivity index (χ1v) is 6.37. The van der Waals surface area contributed by atoms with Gasteiger partial charge in [0.2, 0.25) is 0 Å². The van der Waals surface area contributed by atoms with Crippen LogP contribution in [0.3, 0.4) is 0 Å². The molecule has 80 valence electrons. The fourth-order valence-corrected chi connectivity index (χ4v) is 3.15. The SMILES string of the molecule is CCc1c(-c2sccc2Br)nn(C)c1N. The van der Waals surface area contributed by atoms with Crippen molar-refractivity contribution in [2.24, 2.45) is 7.05 Å². The van der Waals surface area contributed by atoms with E-state index in [0.29, 0.717) is 0 Å². The summed E-state index contributed by atoms with van der Waals surface area (Å²) in [5, 5.41) is 6.50. The fourth-order valence-electron chi connectivity index (χ4n) is 1.57. The molecule has 0 aromatic carbocycles. The third-order valence-electron chi connectivity index (χ3n) is 2.38. The molecule has 0 atom stereocenters. The summed E-state index contributed by atoms with van der Waals surface area (Å²) in [7, 11) is 1.87. The first-order chi connectivity index (χ1) is 7.15. The molecule has 0 aliphatic carbocycles. The molecule has 2 aromatic heterocycles. The van der Waals surface area contributed by atoms with Crippen LogP contribution in [-0.4, -0.2) is 9.78 Å². The summed E-state index contributed by atoms with van der Waals surface area (Å²) < 4.78 is 2.82. The molecule has 0 saturated carbocycles. The van der Waals surface area contributed by atoms with E-state index in [1.165, 1.54) is 0 Å². The van der Waals surface area contributed by atoms with Crippen molar-refractivity contribution in [1.82, 2.24) is 9.78 Å². The Morgan fingerprint density at radius 3 is 2.87 bits per heavy atom. The zero-order valence-corrected chi connectivity index (χ0v) is 11.0. The minimum Gasteiger partial charge on any atom is -0.384 e. The Bertz CT molecular complexity index is 487. The highest BCUT2D eigenvalue weighted by atomic mass is 79.9. The number of nitrogens with two attached hydrogens (primary N) is 1. The number of nitrogen functional groups attached to an aromatic ring is 1. The third kappa shape index (κ3) is 1.70. The Morgan fingerprint density at radius 1 is 1.60 bits per heavy atom. The van der Waals surface area contributed by atoms with Crippen LogP contribution in [0.2, 0.25) is 0 Å². The third-order valence-corrected chi connectivity index (χ3v) is 4.22. The normalized spacial score (nSPS) is 10.9. The van der Waals surface area contributed by atoms with Gasteiger partial charge in [0, 0.05) is 17.1 Å². The molecule has 0 radical (unpaired) electrons. The van der Waals surface area contributed by atoms with Gasteiger partial charge in [-0.2, -0.15) is 5.10 Å². The van der Waals surface area contributed by atoms with Gasteiger partial charge in [0.1, 0.15) is 11.5 Å². The summed E-state index contributed by atoms with van der Waals surface area (Å²) >= 11 is 5.20. The zero-order valence-electron chi connectivity index (χ0n) is 8.62. The van der Waals surface area contributed by atoms with Crippen molar-refractivity contribution in [2.45, 2.75) is 13.3 Å². The molecule has 3 nitrogen and oxygen atoms in total. The van der Waals surface area contributed by atoms with Crippen molar-refractivity contribution in [3.63, 3.8) is 0 Å². The maximum Gasteiger partial charge on any atom is 0.125 e. The molecule has 0 spiro atoms. The number of hydrogen-bond donors (Lipinski definition) is 1. The van der Waals surface area contributed by atoms with Gasteiger partial charge in [-0.25, -0.2) is 0 Å². The van der Waals surface area contributed by atoms with Gasteiger partial charge in [-0.3, -0.25) is 4.68 Å². The van der Waals surface area contributed by atoms with Gasteiger partial charge in [0.05, 0.1) is 4.88 Å². The number of nitrogens with zero attached hydrogens (tertiary/aromatic N) is 2. The lowest BCUT2D eigenvalue weighted by molar-refractivity contribution is 0.782. The molecule has 0 bridgehead atoms. The molecule has 0 unspecified atom stereocenters. The van der Waals surface area contributed by atoms with E-state index in [1.807, 2.05) is 18.5 Å². The topological polar surface area (TPSA) is 43.8 Å². The molecule has 2 rings (SSSR count). The number of anilines is 1. The van der Waals surface area contributed by atoms with E-state index in [0.717, 1.165) is 32.8 Å². The van der Waals surface area contributed by atoms with Crippen LogP contribution in [0.1, 0.15) is 12.5 Å². The van der Waals surface area contributed by atoms with E-state index < -0.39 is 0 Å². The molecule has 0 fully saturated rings. The van der Waals surface area contributed by atoms with Gasteiger partial charge in [0.25, 0.3) is 0 Å². The first kappa shape index (κ1) is 10.7. The second-order valence-corrected chi connectivity index (χ2v) is 5.06. The fraction of sp³-hybridized carbons (Fsp3) is 0.300. The maximum absolute atomic E-state index is 5.96. The number of hydrogen-bond acceptors (Lipinski definition) is 3. The molecule has 5 heteroatoms. The maximum atomic E-state index is 5.96. The summed E-state index contributed by atoms with van der Waals surface area (Å²) in [5.74, 6) is 0.757.